The van der Waals surface area contributed by atoms with E-state index >= 15 is 0 Å². The number of rotatable bonds is 5. The summed E-state index contributed by atoms with van der Waals surface area (Å²) in [7, 11) is 0. The molecule has 0 spiro atoms. The maximum absolute atomic E-state index is 13.0. The molecule has 2 rings (SSSR count). The highest BCUT2D eigenvalue weighted by Gasteiger charge is 2.01. The fourth-order valence-corrected chi connectivity index (χ4v) is 1.66. The summed E-state index contributed by atoms with van der Waals surface area (Å²) in [6, 6.07) is 11.0. The lowest BCUT2D eigenvalue weighted by Crippen LogP contribution is -2.25. The molecule has 0 aliphatic heterocycles. The lowest BCUT2D eigenvalue weighted by atomic mass is 10.2. The molecule has 2 aromatic carbocycles. The van der Waals surface area contributed by atoms with Gasteiger partial charge in [0, 0.05) is 5.69 Å². The Morgan fingerprint density at radius 1 is 1.14 bits per heavy atom. The van der Waals surface area contributed by atoms with Gasteiger partial charge in [0.25, 0.3) is 5.91 Å². The van der Waals surface area contributed by atoms with Gasteiger partial charge in [0.15, 0.2) is 11.6 Å². The van der Waals surface area contributed by atoms with E-state index in [9.17, 15) is 13.6 Å². The van der Waals surface area contributed by atoms with Gasteiger partial charge in [-0.3, -0.25) is 4.79 Å². The van der Waals surface area contributed by atoms with Crippen molar-refractivity contribution in [2.45, 2.75) is 6.92 Å². The van der Waals surface area contributed by atoms with Gasteiger partial charge in [-0.1, -0.05) is 23.8 Å². The van der Waals surface area contributed by atoms with Gasteiger partial charge in [-0.25, -0.2) is 14.2 Å². The first-order valence-corrected chi connectivity index (χ1v) is 6.62. The van der Waals surface area contributed by atoms with Crippen molar-refractivity contribution in [3.8, 4) is 0 Å². The van der Waals surface area contributed by atoms with Crippen LogP contribution in [0, 0.1) is 18.6 Å². The molecule has 0 radical (unpaired) electrons. The smallest absolute Gasteiger partial charge is 0.259 e. The highest BCUT2D eigenvalue weighted by atomic mass is 19.2. The van der Waals surface area contributed by atoms with Gasteiger partial charge in [-0.2, -0.15) is 5.10 Å². The van der Waals surface area contributed by atoms with Gasteiger partial charge in [0.05, 0.1) is 12.8 Å². The maximum atomic E-state index is 13.0. The Labute approximate surface area is 126 Å². The molecule has 0 bridgehead atoms. The second-order valence-electron chi connectivity index (χ2n) is 4.69. The number of nitrogens with one attached hydrogen (secondary N) is 2. The van der Waals surface area contributed by atoms with Crippen molar-refractivity contribution in [3.63, 3.8) is 0 Å². The van der Waals surface area contributed by atoms with E-state index < -0.39 is 11.6 Å². The zero-order valence-electron chi connectivity index (χ0n) is 11.9. The number of anilines is 1. The molecular weight excluding hydrogens is 288 g/mol. The van der Waals surface area contributed by atoms with Crippen LogP contribution in [0.5, 0.6) is 0 Å². The first kappa shape index (κ1) is 15.6. The quantitative estimate of drug-likeness (QED) is 0.659. The molecule has 2 aromatic rings. The summed E-state index contributed by atoms with van der Waals surface area (Å²) in [5.41, 5.74) is 4.61. The molecule has 0 heterocycles. The minimum absolute atomic E-state index is 0.0537. The van der Waals surface area contributed by atoms with E-state index in [-0.39, 0.29) is 12.5 Å². The molecule has 114 valence electrons. The fourth-order valence-electron chi connectivity index (χ4n) is 1.66. The molecule has 4 nitrogen and oxygen atoms in total. The Morgan fingerprint density at radius 3 is 2.55 bits per heavy atom. The van der Waals surface area contributed by atoms with Crippen molar-refractivity contribution in [2.75, 3.05) is 11.9 Å². The van der Waals surface area contributed by atoms with E-state index in [0.29, 0.717) is 5.56 Å². The Kier molecular flexibility index (Phi) is 5.19. The van der Waals surface area contributed by atoms with Crippen molar-refractivity contribution in [2.24, 2.45) is 5.10 Å². The topological polar surface area (TPSA) is 53.5 Å². The fraction of sp³-hybridized carbons (Fsp3) is 0.125. The average Bonchev–Trinajstić information content (AvgIpc) is 2.50. The molecule has 2 N–H and O–H groups in total. The Bertz CT molecular complexity index is 684. The maximum Gasteiger partial charge on any atom is 0.259 e. The van der Waals surface area contributed by atoms with E-state index in [1.807, 2.05) is 31.2 Å². The molecule has 0 saturated heterocycles. The summed E-state index contributed by atoms with van der Waals surface area (Å²) < 4.78 is 25.7. The van der Waals surface area contributed by atoms with Crippen LogP contribution in [0.4, 0.5) is 14.5 Å². The average molecular weight is 303 g/mol. The monoisotopic (exact) mass is 303 g/mol. The highest BCUT2D eigenvalue weighted by Crippen LogP contribution is 2.08. The van der Waals surface area contributed by atoms with Crippen LogP contribution in [-0.2, 0) is 4.79 Å². The standard InChI is InChI=1S/C16H15F2N3O/c1-11-2-5-13(6-3-11)19-10-16(22)21-20-9-12-4-7-14(17)15(18)8-12/h2-9,19H,10H2,1H3,(H,21,22)/b20-9+. The van der Waals surface area contributed by atoms with Crippen molar-refractivity contribution >= 4 is 17.8 Å². The summed E-state index contributed by atoms with van der Waals surface area (Å²) in [6.45, 7) is 2.03. The zero-order valence-corrected chi connectivity index (χ0v) is 11.9. The van der Waals surface area contributed by atoms with Crippen LogP contribution in [0.25, 0.3) is 0 Å². The van der Waals surface area contributed by atoms with Gasteiger partial charge in [-0.15, -0.1) is 0 Å². The molecule has 0 aliphatic carbocycles. The van der Waals surface area contributed by atoms with E-state index in [1.54, 1.807) is 0 Å². The van der Waals surface area contributed by atoms with Gasteiger partial charge >= 0.3 is 0 Å². The van der Waals surface area contributed by atoms with E-state index in [0.717, 1.165) is 23.4 Å². The lowest BCUT2D eigenvalue weighted by Gasteiger charge is -2.05. The van der Waals surface area contributed by atoms with Crippen molar-refractivity contribution < 1.29 is 13.6 Å². The SMILES string of the molecule is Cc1ccc(NCC(=O)N/N=C/c2ccc(F)c(F)c2)cc1. The third-order valence-corrected chi connectivity index (χ3v) is 2.85. The minimum atomic E-state index is -0.962. The normalized spacial score (nSPS) is 10.7. The van der Waals surface area contributed by atoms with Crippen LogP contribution in [0.2, 0.25) is 0 Å². The number of hydrogen-bond acceptors (Lipinski definition) is 3. The summed E-state index contributed by atoms with van der Waals surface area (Å²) in [4.78, 5) is 11.6. The van der Waals surface area contributed by atoms with Crippen LogP contribution in [0.15, 0.2) is 47.6 Å². The number of carbonyl (C=O) groups is 1. The zero-order chi connectivity index (χ0) is 15.9. The third kappa shape index (κ3) is 4.66. The molecule has 0 atom stereocenters. The third-order valence-electron chi connectivity index (χ3n) is 2.85. The number of amides is 1. The van der Waals surface area contributed by atoms with Crippen LogP contribution >= 0.6 is 0 Å². The number of carbonyl (C=O) groups excluding carboxylic acids is 1. The molecule has 6 heteroatoms. The lowest BCUT2D eigenvalue weighted by molar-refractivity contribution is -0.119. The summed E-state index contributed by atoms with van der Waals surface area (Å²) in [5, 5.41) is 6.63. The first-order chi connectivity index (χ1) is 10.5. The number of hydrazone groups is 1. The van der Waals surface area contributed by atoms with E-state index in [1.165, 1.54) is 12.3 Å². The van der Waals surface area contributed by atoms with Crippen LogP contribution in [-0.4, -0.2) is 18.7 Å². The molecule has 0 aliphatic rings. The van der Waals surface area contributed by atoms with Gasteiger partial charge in [-0.05, 0) is 36.8 Å². The van der Waals surface area contributed by atoms with Crippen LogP contribution < -0.4 is 10.7 Å². The molecule has 0 unspecified atom stereocenters. The predicted octanol–water partition coefficient (Wildman–Crippen LogP) is 2.84. The largest absolute Gasteiger partial charge is 0.376 e. The number of benzene rings is 2. The van der Waals surface area contributed by atoms with Crippen molar-refractivity contribution in [1.29, 1.82) is 0 Å². The molecule has 0 fully saturated rings. The minimum Gasteiger partial charge on any atom is -0.376 e. The van der Waals surface area contributed by atoms with Gasteiger partial charge in [0.1, 0.15) is 0 Å². The number of aryl methyl sites for hydroxylation is 1. The Balaban J connectivity index is 1.80. The van der Waals surface area contributed by atoms with Crippen LogP contribution in [0.1, 0.15) is 11.1 Å². The molecule has 0 aromatic heterocycles. The second-order valence-corrected chi connectivity index (χ2v) is 4.69. The van der Waals surface area contributed by atoms with Gasteiger partial charge in [0.2, 0.25) is 0 Å². The molecule has 0 saturated carbocycles. The molecular formula is C16H15F2N3O. The Morgan fingerprint density at radius 2 is 1.86 bits per heavy atom. The number of hydrogen-bond donors (Lipinski definition) is 2. The second kappa shape index (κ2) is 7.31. The van der Waals surface area contributed by atoms with Crippen molar-refractivity contribution in [1.82, 2.24) is 5.43 Å². The molecule has 1 amide bonds. The van der Waals surface area contributed by atoms with Gasteiger partial charge < -0.3 is 5.32 Å². The van der Waals surface area contributed by atoms with Crippen LogP contribution in [0.3, 0.4) is 0 Å². The summed E-state index contributed by atoms with van der Waals surface area (Å²) >= 11 is 0. The van der Waals surface area contributed by atoms with Crippen molar-refractivity contribution in [3.05, 3.63) is 65.2 Å². The first-order valence-electron chi connectivity index (χ1n) is 6.62. The summed E-state index contributed by atoms with van der Waals surface area (Å²) in [5.74, 6) is -2.24. The molecule has 22 heavy (non-hydrogen) atoms. The predicted molar refractivity (Wildman–Crippen MR) is 81.8 cm³/mol. The Hall–Kier alpha value is -2.76. The van der Waals surface area contributed by atoms with E-state index in [2.05, 4.69) is 15.8 Å². The van der Waals surface area contributed by atoms with E-state index in [4.69, 9.17) is 0 Å². The number of halogens is 2. The highest BCUT2D eigenvalue weighted by molar-refractivity contribution is 5.84. The summed E-state index contributed by atoms with van der Waals surface area (Å²) in [6.07, 6.45) is 1.24. The number of nitrogens with zero attached hydrogens (tertiary/aromatic N) is 1.